The van der Waals surface area contributed by atoms with Gasteiger partial charge >= 0.3 is 6.18 Å². The van der Waals surface area contributed by atoms with Crippen molar-refractivity contribution in [2.75, 3.05) is 0 Å². The van der Waals surface area contributed by atoms with Crippen LogP contribution in [0.15, 0.2) is 41.4 Å². The van der Waals surface area contributed by atoms with Gasteiger partial charge in [-0.3, -0.25) is 9.78 Å². The summed E-state index contributed by atoms with van der Waals surface area (Å²) in [4.78, 5) is 15.4. The summed E-state index contributed by atoms with van der Waals surface area (Å²) >= 11 is 0. The number of carbonyl (C=O) groups excluding carboxylic acids is 1. The first kappa shape index (κ1) is 21.7. The van der Waals surface area contributed by atoms with E-state index in [1.165, 1.54) is 16.9 Å². The Balaban J connectivity index is 2.07. The number of amides is 1. The van der Waals surface area contributed by atoms with Crippen LogP contribution in [0.3, 0.4) is 0 Å². The molecule has 3 aromatic rings. The number of aromatic nitrogens is 2. The lowest BCUT2D eigenvalue weighted by Gasteiger charge is -2.17. The highest BCUT2D eigenvalue weighted by molar-refractivity contribution is 7.89. The number of nitrogens with zero attached hydrogens (tertiary/aromatic N) is 2. The first-order valence-corrected chi connectivity index (χ1v) is 9.97. The number of primary amides is 1. The van der Waals surface area contributed by atoms with E-state index < -0.39 is 33.0 Å². The molecule has 1 aromatic carbocycles. The van der Waals surface area contributed by atoms with Gasteiger partial charge in [0.1, 0.15) is 16.6 Å². The van der Waals surface area contributed by atoms with Crippen LogP contribution in [-0.2, 0) is 10.0 Å². The van der Waals surface area contributed by atoms with E-state index in [4.69, 9.17) is 5.73 Å². The molecule has 0 aliphatic heterocycles. The number of alkyl halides is 3. The van der Waals surface area contributed by atoms with Crippen molar-refractivity contribution in [2.45, 2.75) is 31.0 Å². The molecule has 3 N–H and O–H groups in total. The Hall–Kier alpha value is -2.99. The van der Waals surface area contributed by atoms with Crippen LogP contribution in [0.2, 0.25) is 0 Å². The fraction of sp³-hybridized carbons (Fsp3) is 0.222. The Kier molecular flexibility index (Phi) is 5.33. The number of hydrogen-bond donors (Lipinski definition) is 2. The zero-order valence-corrected chi connectivity index (χ0v) is 16.5. The van der Waals surface area contributed by atoms with E-state index in [-0.39, 0.29) is 32.6 Å². The van der Waals surface area contributed by atoms with Crippen molar-refractivity contribution in [1.82, 2.24) is 14.5 Å². The van der Waals surface area contributed by atoms with Gasteiger partial charge in [-0.25, -0.2) is 8.42 Å². The standard InChI is InChI=1S/C18H16F4N4O3S/c1-9-3-5-12-14(7-9)26(22)16(15(12)17(23)27)13-6-4-11(8-24-13)30(28,29)25-10(2)18(19,20)21/h3-8,10,25H,1-2H3,(H2,23,27)/t10-/m0/s1. The summed E-state index contributed by atoms with van der Waals surface area (Å²) in [5, 5.41) is 0.241. The predicted octanol–water partition coefficient (Wildman–Crippen LogP) is 3.07. The van der Waals surface area contributed by atoms with Gasteiger partial charge in [-0.15, -0.1) is 0 Å². The van der Waals surface area contributed by atoms with Gasteiger partial charge in [0.15, 0.2) is 0 Å². The second kappa shape index (κ2) is 7.36. The molecular weight excluding hydrogens is 428 g/mol. The molecule has 0 aliphatic carbocycles. The molecule has 3 rings (SSSR count). The Labute approximate surface area is 168 Å². The van der Waals surface area contributed by atoms with E-state index in [0.29, 0.717) is 6.92 Å². The minimum absolute atomic E-state index is 0.0676. The average Bonchev–Trinajstić information content (AvgIpc) is 2.93. The van der Waals surface area contributed by atoms with E-state index in [1.54, 1.807) is 13.0 Å². The van der Waals surface area contributed by atoms with Gasteiger partial charge in [-0.05, 0) is 37.6 Å². The monoisotopic (exact) mass is 444 g/mol. The molecule has 7 nitrogen and oxygen atoms in total. The molecule has 12 heteroatoms. The number of halogens is 4. The third-order valence-corrected chi connectivity index (χ3v) is 5.95. The Bertz CT molecular complexity index is 1240. The van der Waals surface area contributed by atoms with Crippen LogP contribution in [0, 0.1) is 6.92 Å². The maximum atomic E-state index is 15.0. The fourth-order valence-corrected chi connectivity index (χ4v) is 4.06. The SMILES string of the molecule is Cc1ccc2c(C(N)=O)c(-c3ccc(S(=O)(=O)N[C@@H](C)C(F)(F)F)cn3)n(F)c2c1. The third kappa shape index (κ3) is 3.87. The maximum absolute atomic E-state index is 15.0. The zero-order chi connectivity index (χ0) is 22.4. The van der Waals surface area contributed by atoms with Crippen molar-refractivity contribution in [2.24, 2.45) is 5.73 Å². The van der Waals surface area contributed by atoms with Gasteiger partial charge in [0.25, 0.3) is 5.91 Å². The first-order chi connectivity index (χ1) is 13.8. The van der Waals surface area contributed by atoms with E-state index in [0.717, 1.165) is 23.9 Å². The van der Waals surface area contributed by atoms with E-state index in [1.807, 2.05) is 0 Å². The average molecular weight is 444 g/mol. The number of sulfonamides is 1. The smallest absolute Gasteiger partial charge is 0.366 e. The summed E-state index contributed by atoms with van der Waals surface area (Å²) < 4.78 is 78.7. The number of nitrogens with one attached hydrogen (secondary N) is 1. The van der Waals surface area contributed by atoms with Gasteiger partial charge in [0, 0.05) is 11.6 Å². The molecule has 30 heavy (non-hydrogen) atoms. The number of carbonyl (C=O) groups is 1. The number of hydrogen-bond acceptors (Lipinski definition) is 4. The van der Waals surface area contributed by atoms with E-state index in [9.17, 15) is 30.9 Å². The van der Waals surface area contributed by atoms with Crippen molar-refractivity contribution >= 4 is 26.8 Å². The highest BCUT2D eigenvalue weighted by atomic mass is 32.2. The van der Waals surface area contributed by atoms with Crippen molar-refractivity contribution < 1.29 is 30.9 Å². The van der Waals surface area contributed by atoms with Crippen molar-refractivity contribution in [1.29, 1.82) is 0 Å². The number of pyridine rings is 1. The number of benzene rings is 1. The van der Waals surface area contributed by atoms with Crippen molar-refractivity contribution in [3.8, 4) is 11.4 Å². The lowest BCUT2D eigenvalue weighted by atomic mass is 10.1. The third-order valence-electron chi connectivity index (χ3n) is 4.43. The lowest BCUT2D eigenvalue weighted by molar-refractivity contribution is -0.147. The van der Waals surface area contributed by atoms with Crippen LogP contribution in [0.1, 0.15) is 22.8 Å². The summed E-state index contributed by atoms with van der Waals surface area (Å²) in [6.07, 6.45) is -4.00. The van der Waals surface area contributed by atoms with Crippen LogP contribution in [-0.4, -0.2) is 36.3 Å². The minimum Gasteiger partial charge on any atom is -0.366 e. The Morgan fingerprint density at radius 1 is 1.23 bits per heavy atom. The molecule has 0 unspecified atom stereocenters. The Morgan fingerprint density at radius 2 is 1.90 bits per heavy atom. The van der Waals surface area contributed by atoms with Crippen molar-refractivity contribution in [3.63, 3.8) is 0 Å². The number of nitrogens with two attached hydrogens (primary N) is 1. The van der Waals surface area contributed by atoms with Crippen LogP contribution >= 0.6 is 0 Å². The number of aryl methyl sites for hydroxylation is 1. The number of fused-ring (bicyclic) bond motifs is 1. The summed E-state index contributed by atoms with van der Waals surface area (Å²) in [5.74, 6) is -0.922. The normalized spacial score (nSPS) is 13.5. The van der Waals surface area contributed by atoms with Crippen LogP contribution in [0.4, 0.5) is 17.7 Å². The molecule has 0 saturated heterocycles. The second-order valence-corrected chi connectivity index (χ2v) is 8.37. The summed E-state index contributed by atoms with van der Waals surface area (Å²) in [6, 6.07) is 4.39. The molecule has 0 radical (unpaired) electrons. The summed E-state index contributed by atoms with van der Waals surface area (Å²) in [7, 11) is -4.53. The first-order valence-electron chi connectivity index (χ1n) is 8.49. The quantitative estimate of drug-likeness (QED) is 0.590. The molecule has 0 fully saturated rings. The lowest BCUT2D eigenvalue weighted by Crippen LogP contribution is -2.42. The second-order valence-electron chi connectivity index (χ2n) is 6.65. The van der Waals surface area contributed by atoms with E-state index in [2.05, 4.69) is 4.98 Å². The molecule has 0 bridgehead atoms. The maximum Gasteiger partial charge on any atom is 0.404 e. The molecule has 1 amide bonds. The van der Waals surface area contributed by atoms with Crippen molar-refractivity contribution in [3.05, 3.63) is 47.7 Å². The summed E-state index contributed by atoms with van der Waals surface area (Å²) in [6.45, 7) is 2.38. The molecular formula is C18H16F4N4O3S. The molecule has 0 spiro atoms. The molecule has 2 aromatic heterocycles. The molecule has 160 valence electrons. The van der Waals surface area contributed by atoms with Gasteiger partial charge < -0.3 is 5.73 Å². The highest BCUT2D eigenvalue weighted by Crippen LogP contribution is 2.33. The largest absolute Gasteiger partial charge is 0.404 e. The van der Waals surface area contributed by atoms with Crippen LogP contribution in [0.5, 0.6) is 0 Å². The Morgan fingerprint density at radius 3 is 2.43 bits per heavy atom. The predicted molar refractivity (Wildman–Crippen MR) is 101 cm³/mol. The minimum atomic E-state index is -4.77. The van der Waals surface area contributed by atoms with E-state index >= 15 is 0 Å². The van der Waals surface area contributed by atoms with Gasteiger partial charge in [-0.1, -0.05) is 16.6 Å². The van der Waals surface area contributed by atoms with Gasteiger partial charge in [-0.2, -0.15) is 22.7 Å². The van der Waals surface area contributed by atoms with Gasteiger partial charge in [0.05, 0.1) is 16.8 Å². The number of rotatable bonds is 5. The van der Waals surface area contributed by atoms with Crippen LogP contribution < -0.4 is 10.5 Å². The topological polar surface area (TPSA) is 107 Å². The highest BCUT2D eigenvalue weighted by Gasteiger charge is 2.39. The van der Waals surface area contributed by atoms with Gasteiger partial charge in [0.2, 0.25) is 10.0 Å². The molecule has 1 atom stereocenters. The zero-order valence-electron chi connectivity index (χ0n) is 15.7. The van der Waals surface area contributed by atoms with Crippen LogP contribution in [0.25, 0.3) is 22.3 Å². The molecule has 0 saturated carbocycles. The summed E-state index contributed by atoms with van der Waals surface area (Å²) in [5.41, 5.74) is 5.63. The molecule has 2 heterocycles. The fourth-order valence-electron chi connectivity index (χ4n) is 2.89. The molecule has 0 aliphatic rings.